The number of aromatic amines is 1. The number of nitrogens with zero attached hydrogens (tertiary/aromatic N) is 1. The first-order valence-corrected chi connectivity index (χ1v) is 7.34. The molecule has 0 saturated carbocycles. The number of hydrogen-bond acceptors (Lipinski definition) is 5. The smallest absolute Gasteiger partial charge is 0.285 e. The minimum absolute atomic E-state index is 0.0137. The molecule has 0 fully saturated rings. The highest BCUT2D eigenvalue weighted by molar-refractivity contribution is 7.88. The standard InChI is InChI=1S/C9H15ClN4O3S/c1-9(2,14-18(3,16)17)5-11-6-4-12-13-8(15)7(6)10/h4,14H,5H2,1-3H3,(H2,11,13,15). The van der Waals surface area contributed by atoms with E-state index in [0.29, 0.717) is 5.69 Å². The van der Waals surface area contributed by atoms with Gasteiger partial charge in [-0.05, 0) is 13.8 Å². The van der Waals surface area contributed by atoms with E-state index >= 15 is 0 Å². The van der Waals surface area contributed by atoms with Gasteiger partial charge in [-0.2, -0.15) is 5.10 Å². The minimum Gasteiger partial charge on any atom is -0.381 e. The molecule has 0 radical (unpaired) electrons. The molecule has 0 saturated heterocycles. The largest absolute Gasteiger partial charge is 0.381 e. The Labute approximate surface area is 110 Å². The van der Waals surface area contributed by atoms with E-state index in [1.54, 1.807) is 13.8 Å². The molecule has 1 rings (SSSR count). The molecule has 0 amide bonds. The third kappa shape index (κ3) is 4.63. The number of H-pyrrole nitrogens is 1. The molecule has 0 aliphatic rings. The number of nitrogens with one attached hydrogen (secondary N) is 3. The molecular formula is C9H15ClN4O3S. The number of halogens is 1. The molecule has 0 atom stereocenters. The van der Waals surface area contributed by atoms with Gasteiger partial charge < -0.3 is 5.32 Å². The Morgan fingerprint density at radius 3 is 2.67 bits per heavy atom. The fourth-order valence-corrected chi connectivity index (χ4v) is 2.59. The molecule has 1 aromatic heterocycles. The van der Waals surface area contributed by atoms with Crippen molar-refractivity contribution >= 4 is 27.3 Å². The predicted octanol–water partition coefficient (Wildman–Crippen LogP) is 0.163. The number of rotatable bonds is 5. The van der Waals surface area contributed by atoms with Crippen LogP contribution in [0.4, 0.5) is 5.69 Å². The average Bonchev–Trinajstić information content (AvgIpc) is 2.17. The molecule has 3 N–H and O–H groups in total. The van der Waals surface area contributed by atoms with Gasteiger partial charge in [0.05, 0.1) is 18.1 Å². The molecule has 0 aliphatic heterocycles. The van der Waals surface area contributed by atoms with Gasteiger partial charge in [-0.25, -0.2) is 18.2 Å². The Morgan fingerprint density at radius 2 is 2.11 bits per heavy atom. The van der Waals surface area contributed by atoms with Crippen LogP contribution in [-0.4, -0.2) is 37.0 Å². The van der Waals surface area contributed by atoms with Crippen LogP contribution < -0.4 is 15.6 Å². The number of aromatic nitrogens is 2. The quantitative estimate of drug-likeness (QED) is 0.718. The zero-order valence-electron chi connectivity index (χ0n) is 10.2. The first-order valence-electron chi connectivity index (χ1n) is 5.07. The Morgan fingerprint density at radius 1 is 1.50 bits per heavy atom. The summed E-state index contributed by atoms with van der Waals surface area (Å²) in [6, 6.07) is 0. The van der Waals surface area contributed by atoms with Crippen LogP contribution in [0.25, 0.3) is 0 Å². The number of sulfonamides is 1. The van der Waals surface area contributed by atoms with Crippen molar-refractivity contribution in [2.75, 3.05) is 18.1 Å². The maximum Gasteiger partial charge on any atom is 0.285 e. The second-order valence-electron chi connectivity index (χ2n) is 4.54. The summed E-state index contributed by atoms with van der Waals surface area (Å²) >= 11 is 5.77. The fraction of sp³-hybridized carbons (Fsp3) is 0.556. The Balaban J connectivity index is 2.76. The number of hydrogen-bond donors (Lipinski definition) is 3. The van der Waals surface area contributed by atoms with Crippen LogP contribution in [0.5, 0.6) is 0 Å². The van der Waals surface area contributed by atoms with Gasteiger partial charge in [-0.15, -0.1) is 0 Å². The average molecular weight is 295 g/mol. The zero-order chi connectivity index (χ0) is 14.0. The monoisotopic (exact) mass is 294 g/mol. The molecule has 9 heteroatoms. The fourth-order valence-electron chi connectivity index (χ4n) is 1.36. The van der Waals surface area contributed by atoms with E-state index in [9.17, 15) is 13.2 Å². The van der Waals surface area contributed by atoms with E-state index in [-0.39, 0.29) is 11.6 Å². The molecule has 0 aromatic carbocycles. The first-order chi connectivity index (χ1) is 8.11. The van der Waals surface area contributed by atoms with Crippen LogP contribution >= 0.6 is 11.6 Å². The van der Waals surface area contributed by atoms with Gasteiger partial charge in [0.15, 0.2) is 0 Å². The topological polar surface area (TPSA) is 104 Å². The summed E-state index contributed by atoms with van der Waals surface area (Å²) in [6.45, 7) is 3.66. The molecule has 0 spiro atoms. The molecule has 0 aliphatic carbocycles. The van der Waals surface area contributed by atoms with E-state index in [1.807, 2.05) is 0 Å². The lowest BCUT2D eigenvalue weighted by Gasteiger charge is -2.25. The highest BCUT2D eigenvalue weighted by Gasteiger charge is 2.22. The van der Waals surface area contributed by atoms with Gasteiger partial charge in [-0.3, -0.25) is 4.79 Å². The van der Waals surface area contributed by atoms with Crippen molar-refractivity contribution in [1.29, 1.82) is 0 Å². The second-order valence-corrected chi connectivity index (χ2v) is 6.66. The van der Waals surface area contributed by atoms with Crippen molar-refractivity contribution in [1.82, 2.24) is 14.9 Å². The lowest BCUT2D eigenvalue weighted by Crippen LogP contribution is -2.47. The van der Waals surface area contributed by atoms with Crippen molar-refractivity contribution in [2.24, 2.45) is 0 Å². The van der Waals surface area contributed by atoms with Crippen LogP contribution in [0.2, 0.25) is 5.02 Å². The molecule has 0 unspecified atom stereocenters. The third-order valence-corrected chi connectivity index (χ3v) is 3.28. The van der Waals surface area contributed by atoms with E-state index in [1.165, 1.54) is 6.20 Å². The van der Waals surface area contributed by atoms with Crippen molar-refractivity contribution in [3.8, 4) is 0 Å². The van der Waals surface area contributed by atoms with Gasteiger partial charge in [0.2, 0.25) is 10.0 Å². The lowest BCUT2D eigenvalue weighted by atomic mass is 10.1. The maximum absolute atomic E-state index is 11.2. The summed E-state index contributed by atoms with van der Waals surface area (Å²) < 4.78 is 24.8. The van der Waals surface area contributed by atoms with Gasteiger partial charge in [0, 0.05) is 12.1 Å². The third-order valence-electron chi connectivity index (χ3n) is 1.98. The van der Waals surface area contributed by atoms with E-state index in [0.717, 1.165) is 6.26 Å². The molecule has 1 heterocycles. The lowest BCUT2D eigenvalue weighted by molar-refractivity contribution is 0.476. The molecular weight excluding hydrogens is 280 g/mol. The van der Waals surface area contributed by atoms with Crippen LogP contribution in [0.1, 0.15) is 13.8 Å². The molecule has 1 aromatic rings. The van der Waals surface area contributed by atoms with E-state index in [4.69, 9.17) is 11.6 Å². The molecule has 18 heavy (non-hydrogen) atoms. The van der Waals surface area contributed by atoms with Crippen molar-refractivity contribution in [2.45, 2.75) is 19.4 Å². The molecule has 0 bridgehead atoms. The summed E-state index contributed by atoms with van der Waals surface area (Å²) in [6.07, 6.45) is 2.44. The molecule has 102 valence electrons. The van der Waals surface area contributed by atoms with Gasteiger partial charge in [0.1, 0.15) is 5.02 Å². The highest BCUT2D eigenvalue weighted by atomic mass is 35.5. The van der Waals surface area contributed by atoms with Gasteiger partial charge in [-0.1, -0.05) is 11.6 Å². The van der Waals surface area contributed by atoms with Crippen LogP contribution in [0, 0.1) is 0 Å². The molecule has 7 nitrogen and oxygen atoms in total. The van der Waals surface area contributed by atoms with Crippen molar-refractivity contribution in [3.63, 3.8) is 0 Å². The van der Waals surface area contributed by atoms with Crippen molar-refractivity contribution in [3.05, 3.63) is 21.6 Å². The number of anilines is 1. The Kier molecular flexibility index (Phi) is 4.36. The summed E-state index contributed by atoms with van der Waals surface area (Å²) in [5.41, 5.74) is -0.876. The first kappa shape index (κ1) is 14.9. The zero-order valence-corrected chi connectivity index (χ0v) is 11.8. The van der Waals surface area contributed by atoms with Gasteiger partial charge >= 0.3 is 0 Å². The summed E-state index contributed by atoms with van der Waals surface area (Å²) in [5, 5.41) is 8.65. The summed E-state index contributed by atoms with van der Waals surface area (Å²) in [4.78, 5) is 11.2. The Bertz CT molecular complexity index is 582. The SMILES string of the molecule is CC(C)(CNc1cn[nH]c(=O)c1Cl)NS(C)(=O)=O. The van der Waals surface area contributed by atoms with Crippen LogP contribution in [0.3, 0.4) is 0 Å². The minimum atomic E-state index is -3.31. The van der Waals surface area contributed by atoms with Gasteiger partial charge in [0.25, 0.3) is 5.56 Å². The second kappa shape index (κ2) is 5.25. The van der Waals surface area contributed by atoms with E-state index < -0.39 is 21.1 Å². The Hall–Kier alpha value is -1.12. The van der Waals surface area contributed by atoms with Crippen LogP contribution in [-0.2, 0) is 10.0 Å². The highest BCUT2D eigenvalue weighted by Crippen LogP contribution is 2.15. The predicted molar refractivity (Wildman–Crippen MR) is 70.4 cm³/mol. The summed E-state index contributed by atoms with van der Waals surface area (Å²) in [7, 11) is -3.31. The van der Waals surface area contributed by atoms with E-state index in [2.05, 4.69) is 20.2 Å². The van der Waals surface area contributed by atoms with Crippen LogP contribution in [0.15, 0.2) is 11.0 Å². The van der Waals surface area contributed by atoms with Crippen molar-refractivity contribution < 1.29 is 8.42 Å². The normalized spacial score (nSPS) is 12.4. The maximum atomic E-state index is 11.2. The summed E-state index contributed by atoms with van der Waals surface area (Å²) in [5.74, 6) is 0.